The number of H-pyrrole nitrogens is 1. The van der Waals surface area contributed by atoms with Gasteiger partial charge in [0.05, 0.1) is 5.56 Å². The Labute approximate surface area is 77.4 Å². The van der Waals surface area contributed by atoms with Crippen LogP contribution in [0.4, 0.5) is 0 Å². The Morgan fingerprint density at radius 2 is 2.00 bits per heavy atom. The number of hydrogen-bond donors (Lipinski definition) is 2. The fraction of sp³-hybridized carbons (Fsp3) is 0.500. The van der Waals surface area contributed by atoms with Crippen molar-refractivity contribution in [3.05, 3.63) is 27.2 Å². The van der Waals surface area contributed by atoms with Gasteiger partial charge in [0.25, 0.3) is 5.56 Å². The van der Waals surface area contributed by atoms with Crippen molar-refractivity contribution in [2.45, 2.75) is 33.6 Å². The van der Waals surface area contributed by atoms with E-state index in [1.165, 1.54) is 0 Å². The molecule has 3 heteroatoms. The largest absolute Gasteiger partial charge is 0.507 e. The summed E-state index contributed by atoms with van der Waals surface area (Å²) in [5.41, 5.74) is 1.85. The van der Waals surface area contributed by atoms with Gasteiger partial charge in [-0.2, -0.15) is 0 Å². The van der Waals surface area contributed by atoms with Gasteiger partial charge >= 0.3 is 0 Å². The van der Waals surface area contributed by atoms with Gasteiger partial charge in [-0.05, 0) is 20.3 Å². The molecule has 0 aliphatic heterocycles. The molecule has 0 aliphatic carbocycles. The maximum Gasteiger partial charge on any atom is 0.254 e. The number of aromatic nitrogens is 1. The van der Waals surface area contributed by atoms with E-state index in [0.29, 0.717) is 5.56 Å². The molecular weight excluding hydrogens is 166 g/mol. The van der Waals surface area contributed by atoms with E-state index in [1.807, 2.05) is 13.8 Å². The summed E-state index contributed by atoms with van der Waals surface area (Å²) in [4.78, 5) is 13.9. The molecule has 1 rings (SSSR count). The van der Waals surface area contributed by atoms with Crippen LogP contribution in [0.15, 0.2) is 4.79 Å². The van der Waals surface area contributed by atoms with Crippen molar-refractivity contribution in [1.82, 2.24) is 4.98 Å². The van der Waals surface area contributed by atoms with Crippen LogP contribution in [-0.4, -0.2) is 10.1 Å². The van der Waals surface area contributed by atoms with E-state index < -0.39 is 0 Å². The molecule has 0 saturated carbocycles. The second kappa shape index (κ2) is 3.64. The molecule has 0 radical (unpaired) electrons. The molecule has 3 nitrogen and oxygen atoms in total. The van der Waals surface area contributed by atoms with Crippen LogP contribution in [0.25, 0.3) is 0 Å². The number of aryl methyl sites for hydroxylation is 1. The smallest absolute Gasteiger partial charge is 0.254 e. The monoisotopic (exact) mass is 181 g/mol. The number of pyridine rings is 1. The van der Waals surface area contributed by atoms with Crippen molar-refractivity contribution in [2.24, 2.45) is 0 Å². The number of rotatable bonds is 2. The maximum absolute atomic E-state index is 11.2. The van der Waals surface area contributed by atoms with E-state index in [-0.39, 0.29) is 11.3 Å². The van der Waals surface area contributed by atoms with Crippen molar-refractivity contribution in [3.63, 3.8) is 0 Å². The van der Waals surface area contributed by atoms with E-state index >= 15 is 0 Å². The minimum Gasteiger partial charge on any atom is -0.507 e. The number of hydrogen-bond acceptors (Lipinski definition) is 2. The molecule has 13 heavy (non-hydrogen) atoms. The van der Waals surface area contributed by atoms with Crippen molar-refractivity contribution in [1.29, 1.82) is 0 Å². The number of aromatic hydroxyl groups is 1. The lowest BCUT2D eigenvalue weighted by atomic mass is 10.1. The fourth-order valence-corrected chi connectivity index (χ4v) is 1.41. The van der Waals surface area contributed by atoms with Gasteiger partial charge in [0.1, 0.15) is 5.75 Å². The Hall–Kier alpha value is -1.25. The summed E-state index contributed by atoms with van der Waals surface area (Å²) in [5, 5.41) is 9.67. The molecule has 0 amide bonds. The first-order chi connectivity index (χ1) is 6.07. The molecule has 2 N–H and O–H groups in total. The molecule has 0 aromatic carbocycles. The van der Waals surface area contributed by atoms with Crippen LogP contribution in [0.1, 0.15) is 30.2 Å². The molecule has 0 aliphatic rings. The van der Waals surface area contributed by atoms with Crippen LogP contribution in [0, 0.1) is 13.8 Å². The lowest BCUT2D eigenvalue weighted by Crippen LogP contribution is -2.13. The predicted molar refractivity (Wildman–Crippen MR) is 52.2 cm³/mol. The third-order valence-electron chi connectivity index (χ3n) is 2.24. The molecule has 0 bridgehead atoms. The zero-order valence-electron chi connectivity index (χ0n) is 8.27. The van der Waals surface area contributed by atoms with Gasteiger partial charge in [0.2, 0.25) is 0 Å². The fourth-order valence-electron chi connectivity index (χ4n) is 1.41. The molecule has 1 aromatic heterocycles. The average Bonchev–Trinajstić information content (AvgIpc) is 2.09. The lowest BCUT2D eigenvalue weighted by molar-refractivity contribution is 0.460. The van der Waals surface area contributed by atoms with Gasteiger partial charge in [-0.3, -0.25) is 4.79 Å². The highest BCUT2D eigenvalue weighted by Gasteiger charge is 2.09. The van der Waals surface area contributed by atoms with Crippen LogP contribution in [0.3, 0.4) is 0 Å². The summed E-state index contributed by atoms with van der Waals surface area (Å²) in [6.45, 7) is 5.48. The van der Waals surface area contributed by atoms with Gasteiger partial charge in [-0.25, -0.2) is 0 Å². The minimum atomic E-state index is -0.199. The molecule has 1 heterocycles. The van der Waals surface area contributed by atoms with E-state index in [2.05, 4.69) is 4.98 Å². The van der Waals surface area contributed by atoms with Gasteiger partial charge in [-0.1, -0.05) is 13.3 Å². The first-order valence-corrected chi connectivity index (χ1v) is 4.49. The van der Waals surface area contributed by atoms with Crippen LogP contribution in [0.2, 0.25) is 0 Å². The van der Waals surface area contributed by atoms with Gasteiger partial charge < -0.3 is 10.1 Å². The topological polar surface area (TPSA) is 53.1 Å². The van der Waals surface area contributed by atoms with Crippen molar-refractivity contribution < 1.29 is 5.11 Å². The molecule has 0 unspecified atom stereocenters. The first kappa shape index (κ1) is 9.84. The van der Waals surface area contributed by atoms with Crippen molar-refractivity contribution in [3.8, 4) is 5.75 Å². The highest BCUT2D eigenvalue weighted by Crippen LogP contribution is 2.21. The highest BCUT2D eigenvalue weighted by molar-refractivity contribution is 5.40. The van der Waals surface area contributed by atoms with Crippen LogP contribution < -0.4 is 5.56 Å². The maximum atomic E-state index is 11.2. The highest BCUT2D eigenvalue weighted by atomic mass is 16.3. The SMILES string of the molecule is CCCc1c(C)[nH]c(=O)c(C)c1O. The third kappa shape index (κ3) is 1.74. The second-order valence-corrected chi connectivity index (χ2v) is 3.28. The normalized spacial score (nSPS) is 10.4. The van der Waals surface area contributed by atoms with Crippen LogP contribution >= 0.6 is 0 Å². The van der Waals surface area contributed by atoms with E-state index in [4.69, 9.17) is 0 Å². The van der Waals surface area contributed by atoms with Crippen molar-refractivity contribution in [2.75, 3.05) is 0 Å². The molecule has 72 valence electrons. The molecule has 1 aromatic rings. The summed E-state index contributed by atoms with van der Waals surface area (Å²) in [6, 6.07) is 0. The standard InChI is InChI=1S/C10H15NO2/c1-4-5-8-7(3)11-10(13)6(2)9(8)12/h4-5H2,1-3H3,(H2,11,12,13). The minimum absolute atomic E-state index is 0.156. The molecular formula is C10H15NO2. The molecule has 0 fully saturated rings. The lowest BCUT2D eigenvalue weighted by Gasteiger charge is -2.08. The first-order valence-electron chi connectivity index (χ1n) is 4.49. The predicted octanol–water partition coefficient (Wildman–Crippen LogP) is 1.65. The van der Waals surface area contributed by atoms with Gasteiger partial charge in [0.15, 0.2) is 0 Å². The third-order valence-corrected chi connectivity index (χ3v) is 2.24. The van der Waals surface area contributed by atoms with Gasteiger partial charge in [-0.15, -0.1) is 0 Å². The van der Waals surface area contributed by atoms with E-state index in [0.717, 1.165) is 24.1 Å². The Bertz CT molecular complexity index is 366. The number of aromatic amines is 1. The Morgan fingerprint density at radius 3 is 2.54 bits per heavy atom. The average molecular weight is 181 g/mol. The van der Waals surface area contributed by atoms with Crippen LogP contribution in [0.5, 0.6) is 5.75 Å². The molecule has 0 spiro atoms. The van der Waals surface area contributed by atoms with E-state index in [1.54, 1.807) is 6.92 Å². The summed E-state index contributed by atoms with van der Waals surface area (Å²) >= 11 is 0. The molecule has 0 atom stereocenters. The Balaban J connectivity index is 3.35. The zero-order chi connectivity index (χ0) is 10.0. The summed E-state index contributed by atoms with van der Waals surface area (Å²) in [5.74, 6) is 0.156. The van der Waals surface area contributed by atoms with Crippen molar-refractivity contribution >= 4 is 0 Å². The van der Waals surface area contributed by atoms with Gasteiger partial charge in [0, 0.05) is 11.3 Å². The Kier molecular flexibility index (Phi) is 2.76. The number of nitrogens with one attached hydrogen (secondary N) is 1. The zero-order valence-corrected chi connectivity index (χ0v) is 8.27. The summed E-state index contributed by atoms with van der Waals surface area (Å²) < 4.78 is 0. The second-order valence-electron chi connectivity index (χ2n) is 3.28. The summed E-state index contributed by atoms with van der Waals surface area (Å²) in [7, 11) is 0. The molecule has 0 saturated heterocycles. The quantitative estimate of drug-likeness (QED) is 0.728. The van der Waals surface area contributed by atoms with Crippen LogP contribution in [-0.2, 0) is 6.42 Å². The Morgan fingerprint density at radius 1 is 1.38 bits per heavy atom. The van der Waals surface area contributed by atoms with E-state index in [9.17, 15) is 9.90 Å². The summed E-state index contributed by atoms with van der Waals surface area (Å²) in [6.07, 6.45) is 1.76.